The normalized spacial score (nSPS) is 15.5. The van der Waals surface area contributed by atoms with Gasteiger partial charge in [0.15, 0.2) is 23.0 Å². The van der Waals surface area contributed by atoms with E-state index in [0.29, 0.717) is 11.5 Å². The Bertz CT molecular complexity index is 968. The topological polar surface area (TPSA) is 132 Å². The minimum Gasteiger partial charge on any atom is -0.454 e. The van der Waals surface area contributed by atoms with E-state index in [2.05, 4.69) is 0 Å². The van der Waals surface area contributed by atoms with Gasteiger partial charge in [0.25, 0.3) is 11.4 Å². The minimum atomic E-state index is -1.05. The van der Waals surface area contributed by atoms with Crippen LogP contribution in [0.3, 0.4) is 0 Å². The fourth-order valence-corrected chi connectivity index (χ4v) is 3.85. The summed E-state index contributed by atoms with van der Waals surface area (Å²) in [7, 11) is 0. The summed E-state index contributed by atoms with van der Waals surface area (Å²) in [4.78, 5) is 21.6. The van der Waals surface area contributed by atoms with Crippen molar-refractivity contribution in [1.82, 2.24) is 0 Å². The lowest BCUT2D eigenvalue weighted by atomic mass is 10.1. The van der Waals surface area contributed by atoms with Crippen molar-refractivity contribution in [3.05, 3.63) is 55.6 Å². The molecule has 2 heterocycles. The zero-order valence-corrected chi connectivity index (χ0v) is 17.1. The summed E-state index contributed by atoms with van der Waals surface area (Å²) in [5, 5.41) is 22.7. The molecule has 31 heavy (non-hydrogen) atoms. The van der Waals surface area contributed by atoms with E-state index in [4.69, 9.17) is 46.9 Å². The van der Waals surface area contributed by atoms with Crippen molar-refractivity contribution in [2.75, 3.05) is 13.6 Å². The van der Waals surface area contributed by atoms with Gasteiger partial charge in [-0.05, 0) is 12.1 Å². The second kappa shape index (κ2) is 8.61. The van der Waals surface area contributed by atoms with Gasteiger partial charge >= 0.3 is 0 Å². The van der Waals surface area contributed by atoms with Crippen molar-refractivity contribution < 1.29 is 33.5 Å². The molecule has 0 spiro atoms. The Morgan fingerprint density at radius 2 is 1.13 bits per heavy atom. The number of hydrogen-bond donors (Lipinski definition) is 0. The summed E-state index contributed by atoms with van der Waals surface area (Å²) in [6, 6.07) is 5.45. The van der Waals surface area contributed by atoms with Crippen LogP contribution >= 0.6 is 23.2 Å². The Labute approximate surface area is 184 Å². The van der Waals surface area contributed by atoms with E-state index in [1.807, 2.05) is 0 Å². The largest absolute Gasteiger partial charge is 0.454 e. The third-order valence-corrected chi connectivity index (χ3v) is 5.11. The van der Waals surface area contributed by atoms with Crippen LogP contribution in [0.5, 0.6) is 23.0 Å². The van der Waals surface area contributed by atoms with Gasteiger partial charge in [0.2, 0.25) is 13.6 Å². The Morgan fingerprint density at radius 3 is 1.48 bits per heavy atom. The molecule has 2 aliphatic heterocycles. The molecule has 2 aromatic carbocycles. The summed E-state index contributed by atoms with van der Waals surface area (Å²) in [6.07, 6.45) is -0.109. The molecule has 0 N–H and O–H groups in total. The molecular weight excluding hydrogens is 459 g/mol. The number of nitrogens with zero attached hydrogens (tertiary/aromatic N) is 2. The van der Waals surface area contributed by atoms with Crippen molar-refractivity contribution in [2.45, 2.75) is 24.0 Å². The van der Waals surface area contributed by atoms with E-state index in [9.17, 15) is 20.2 Å². The summed E-state index contributed by atoms with van der Waals surface area (Å²) in [5.41, 5.74) is -1.95. The minimum absolute atomic E-state index is 0.0329. The molecule has 2 aromatic rings. The lowest BCUT2D eigenvalue weighted by molar-refractivity contribution is -0.385. The second-order valence-electron chi connectivity index (χ2n) is 6.55. The van der Waals surface area contributed by atoms with Crippen LogP contribution in [0.25, 0.3) is 0 Å². The van der Waals surface area contributed by atoms with Crippen LogP contribution in [-0.2, 0) is 17.6 Å². The molecule has 4 rings (SSSR count). The Kier molecular flexibility index (Phi) is 5.90. The number of nitro benzene ring substituents is 2. The zero-order valence-electron chi connectivity index (χ0n) is 15.6. The van der Waals surface area contributed by atoms with Gasteiger partial charge in [-0.25, -0.2) is 0 Å². The Morgan fingerprint density at radius 1 is 0.774 bits per heavy atom. The average Bonchev–Trinajstić information content (AvgIpc) is 3.34. The molecule has 0 saturated carbocycles. The van der Waals surface area contributed by atoms with Crippen molar-refractivity contribution >= 4 is 34.6 Å². The van der Waals surface area contributed by atoms with Crippen molar-refractivity contribution in [1.29, 1.82) is 0 Å². The Balaban J connectivity index is 1.46. The highest BCUT2D eigenvalue weighted by Gasteiger charge is 2.28. The quantitative estimate of drug-likeness (QED) is 0.318. The number of hydrogen-bond acceptors (Lipinski definition) is 9. The number of ether oxygens (including phenoxy) is 5. The van der Waals surface area contributed by atoms with Crippen LogP contribution in [0.4, 0.5) is 11.4 Å². The first-order valence-electron chi connectivity index (χ1n) is 8.89. The number of benzene rings is 2. The molecule has 2 atom stereocenters. The van der Waals surface area contributed by atoms with Crippen molar-refractivity contribution in [3.8, 4) is 23.0 Å². The maximum absolute atomic E-state index is 11.4. The monoisotopic (exact) mass is 472 g/mol. The third kappa shape index (κ3) is 4.53. The third-order valence-electron chi connectivity index (χ3n) is 4.60. The highest BCUT2D eigenvalue weighted by atomic mass is 35.5. The highest BCUT2D eigenvalue weighted by molar-refractivity contribution is 6.22. The maximum atomic E-state index is 11.4. The summed E-state index contributed by atoms with van der Waals surface area (Å²) in [5.74, 6) is 1.27. The van der Waals surface area contributed by atoms with E-state index >= 15 is 0 Å². The Hall–Kier alpha value is -3.02. The molecule has 13 heteroatoms. The van der Waals surface area contributed by atoms with Gasteiger partial charge in [0, 0.05) is 24.0 Å². The van der Waals surface area contributed by atoms with Crippen LogP contribution in [0.15, 0.2) is 24.3 Å². The molecule has 2 aliphatic rings. The number of halogens is 2. The molecule has 2 unspecified atom stereocenters. The molecule has 0 aliphatic carbocycles. The summed E-state index contributed by atoms with van der Waals surface area (Å²) < 4.78 is 26.3. The number of fused-ring (bicyclic) bond motifs is 2. The molecule has 0 amide bonds. The van der Waals surface area contributed by atoms with Crippen LogP contribution < -0.4 is 18.9 Å². The lowest BCUT2D eigenvalue weighted by Gasteiger charge is -2.16. The van der Waals surface area contributed by atoms with Gasteiger partial charge in [0.05, 0.1) is 22.0 Å². The summed E-state index contributed by atoms with van der Waals surface area (Å²) in [6.45, 7) is -0.0659. The molecule has 0 radical (unpaired) electrons. The SMILES string of the molecule is O=[N+]([O-])c1cc2c(cc1CC(Cl)OC(Cl)Cc1cc3c(cc1[N+](=O)[O-])OCO3)OCO2. The second-order valence-corrected chi connectivity index (χ2v) is 7.52. The van der Waals surface area contributed by atoms with E-state index < -0.39 is 21.0 Å². The van der Waals surface area contributed by atoms with Crippen LogP contribution in [0.2, 0.25) is 0 Å². The molecule has 164 valence electrons. The van der Waals surface area contributed by atoms with E-state index in [1.54, 1.807) is 0 Å². The van der Waals surface area contributed by atoms with Gasteiger partial charge < -0.3 is 23.7 Å². The van der Waals surface area contributed by atoms with Gasteiger partial charge in [-0.1, -0.05) is 23.2 Å². The number of alkyl halides is 2. The fourth-order valence-electron chi connectivity index (χ4n) is 3.22. The van der Waals surface area contributed by atoms with E-state index in [1.165, 1.54) is 24.3 Å². The zero-order chi connectivity index (χ0) is 22.1. The van der Waals surface area contributed by atoms with Gasteiger partial charge in [-0.2, -0.15) is 0 Å². The molecule has 11 nitrogen and oxygen atoms in total. The van der Waals surface area contributed by atoms with Crippen LogP contribution in [0, 0.1) is 20.2 Å². The van der Waals surface area contributed by atoms with Crippen LogP contribution in [0.1, 0.15) is 11.1 Å². The van der Waals surface area contributed by atoms with Gasteiger partial charge in [-0.3, -0.25) is 20.2 Å². The van der Waals surface area contributed by atoms with Gasteiger partial charge in [-0.15, -0.1) is 0 Å². The van der Waals surface area contributed by atoms with Crippen molar-refractivity contribution in [3.63, 3.8) is 0 Å². The molecule has 0 aromatic heterocycles. The number of nitro groups is 2. The van der Waals surface area contributed by atoms with Crippen molar-refractivity contribution in [2.24, 2.45) is 0 Å². The maximum Gasteiger partial charge on any atom is 0.276 e. The van der Waals surface area contributed by atoms with E-state index in [0.717, 1.165) is 0 Å². The summed E-state index contributed by atoms with van der Waals surface area (Å²) >= 11 is 12.4. The standard InChI is InChI=1S/C18H14Cl2N2O9/c19-17(3-9-1-13-15(29-7-27-13)5-11(9)21(23)24)31-18(20)4-10-2-14-16(30-8-28-14)6-12(10)22(25)26/h1-2,5-6,17-18H,3-4,7-8H2. The van der Waals surface area contributed by atoms with Crippen LogP contribution in [-0.4, -0.2) is 34.6 Å². The molecule has 0 bridgehead atoms. The average molecular weight is 473 g/mol. The lowest BCUT2D eigenvalue weighted by Crippen LogP contribution is -2.18. The first kappa shape index (κ1) is 21.2. The predicted molar refractivity (Wildman–Crippen MR) is 106 cm³/mol. The predicted octanol–water partition coefficient (Wildman–Crippen LogP) is 3.89. The highest BCUT2D eigenvalue weighted by Crippen LogP contribution is 2.40. The first-order chi connectivity index (χ1) is 14.8. The molecule has 0 saturated heterocycles. The van der Waals surface area contributed by atoms with Gasteiger partial charge in [0.1, 0.15) is 11.1 Å². The smallest absolute Gasteiger partial charge is 0.276 e. The number of rotatable bonds is 8. The molecule has 0 fully saturated rings. The fraction of sp³-hybridized carbons (Fsp3) is 0.333. The molecular formula is C18H14Cl2N2O9. The van der Waals surface area contributed by atoms with E-state index in [-0.39, 0.29) is 60.4 Å². The first-order valence-corrected chi connectivity index (χ1v) is 9.76.